The zero-order valence-electron chi connectivity index (χ0n) is 10.5. The Morgan fingerprint density at radius 3 is 2.95 bits per heavy atom. The van der Waals surface area contributed by atoms with E-state index in [4.69, 9.17) is 23.2 Å². The van der Waals surface area contributed by atoms with Gasteiger partial charge in [-0.2, -0.15) is 0 Å². The zero-order valence-corrected chi connectivity index (χ0v) is 12.1. The van der Waals surface area contributed by atoms with Crippen LogP contribution in [0.5, 0.6) is 0 Å². The van der Waals surface area contributed by atoms with Crippen LogP contribution in [0, 0.1) is 5.82 Å². The number of alkyl halides is 1. The molecule has 104 valence electrons. The van der Waals surface area contributed by atoms with Crippen molar-refractivity contribution in [2.75, 3.05) is 12.4 Å². The number of hydrogen-bond acceptors (Lipinski definition) is 1. The highest BCUT2D eigenvalue weighted by atomic mass is 35.5. The third kappa shape index (κ3) is 3.21. The van der Waals surface area contributed by atoms with Gasteiger partial charge in [-0.05, 0) is 37.8 Å². The molecule has 19 heavy (non-hydrogen) atoms. The van der Waals surface area contributed by atoms with Gasteiger partial charge < -0.3 is 4.90 Å². The van der Waals surface area contributed by atoms with E-state index in [-0.39, 0.29) is 22.5 Å². The van der Waals surface area contributed by atoms with Gasteiger partial charge in [0.05, 0.1) is 10.6 Å². The third-order valence-electron chi connectivity index (χ3n) is 3.49. The summed E-state index contributed by atoms with van der Waals surface area (Å²) >= 11 is 11.6. The number of hydrogen-bond donors (Lipinski definition) is 0. The normalized spacial score (nSPS) is 18.9. The number of likely N-dealkylation sites (tertiary alicyclic amines) is 1. The number of halogens is 3. The van der Waals surface area contributed by atoms with E-state index in [1.807, 2.05) is 0 Å². The number of benzene rings is 1. The minimum atomic E-state index is -0.555. The molecule has 0 radical (unpaired) electrons. The Morgan fingerprint density at radius 1 is 1.47 bits per heavy atom. The molecule has 1 aromatic rings. The Bertz CT molecular complexity index is 447. The molecular formula is C14H16Cl2FNO. The van der Waals surface area contributed by atoms with Crippen molar-refractivity contribution >= 4 is 29.1 Å². The standard InChI is InChI=1S/C14H16Cl2FNO/c15-8-2-4-10-5-3-9-18(10)14(19)13-11(16)6-1-7-12(13)17/h1,6-7,10H,2-5,8-9H2. The smallest absolute Gasteiger partial charge is 0.258 e. The van der Waals surface area contributed by atoms with Crippen molar-refractivity contribution in [3.8, 4) is 0 Å². The first-order valence-electron chi connectivity index (χ1n) is 6.46. The fraction of sp³-hybridized carbons (Fsp3) is 0.500. The summed E-state index contributed by atoms with van der Waals surface area (Å²) in [5, 5.41) is 0.174. The molecule has 1 atom stereocenters. The van der Waals surface area contributed by atoms with Crippen LogP contribution in [-0.4, -0.2) is 29.3 Å². The van der Waals surface area contributed by atoms with E-state index in [1.54, 1.807) is 11.0 Å². The molecule has 2 nitrogen and oxygen atoms in total. The fourth-order valence-electron chi connectivity index (χ4n) is 2.56. The monoisotopic (exact) mass is 303 g/mol. The van der Waals surface area contributed by atoms with Gasteiger partial charge in [-0.15, -0.1) is 11.6 Å². The lowest BCUT2D eigenvalue weighted by molar-refractivity contribution is 0.0725. The van der Waals surface area contributed by atoms with Crippen LogP contribution >= 0.6 is 23.2 Å². The van der Waals surface area contributed by atoms with Gasteiger partial charge in [0.15, 0.2) is 0 Å². The maximum Gasteiger partial charge on any atom is 0.258 e. The molecule has 0 aliphatic carbocycles. The molecule has 1 aromatic carbocycles. The highest BCUT2D eigenvalue weighted by Crippen LogP contribution is 2.27. The SMILES string of the molecule is O=C(c1c(F)cccc1Cl)N1CCCC1CCCCl. The molecule has 0 spiro atoms. The minimum absolute atomic E-state index is 0.0121. The van der Waals surface area contributed by atoms with Crippen LogP contribution in [0.2, 0.25) is 5.02 Å². The second kappa shape index (κ2) is 6.58. The summed E-state index contributed by atoms with van der Waals surface area (Å²) < 4.78 is 13.8. The number of rotatable bonds is 4. The van der Waals surface area contributed by atoms with Crippen LogP contribution in [0.25, 0.3) is 0 Å². The van der Waals surface area contributed by atoms with E-state index in [1.165, 1.54) is 12.1 Å². The van der Waals surface area contributed by atoms with Crippen molar-refractivity contribution in [3.63, 3.8) is 0 Å². The Hall–Kier alpha value is -0.800. The predicted octanol–water partition coefficient (Wildman–Crippen LogP) is 4.10. The maximum atomic E-state index is 13.8. The van der Waals surface area contributed by atoms with Gasteiger partial charge in [-0.25, -0.2) is 4.39 Å². The van der Waals surface area contributed by atoms with Gasteiger partial charge >= 0.3 is 0 Å². The number of carbonyl (C=O) groups excluding carboxylic acids is 1. The van der Waals surface area contributed by atoms with Crippen molar-refractivity contribution in [2.24, 2.45) is 0 Å². The maximum absolute atomic E-state index is 13.8. The Balaban J connectivity index is 2.18. The number of amides is 1. The van der Waals surface area contributed by atoms with Crippen molar-refractivity contribution < 1.29 is 9.18 Å². The molecule has 1 heterocycles. The van der Waals surface area contributed by atoms with Crippen LogP contribution in [0.15, 0.2) is 18.2 Å². The molecule has 1 unspecified atom stereocenters. The largest absolute Gasteiger partial charge is 0.336 e. The second-order valence-electron chi connectivity index (χ2n) is 4.72. The van der Waals surface area contributed by atoms with Gasteiger partial charge in [-0.1, -0.05) is 17.7 Å². The second-order valence-corrected chi connectivity index (χ2v) is 5.51. The molecule has 0 saturated carbocycles. The zero-order chi connectivity index (χ0) is 13.8. The topological polar surface area (TPSA) is 20.3 Å². The van der Waals surface area contributed by atoms with Crippen LogP contribution < -0.4 is 0 Å². The van der Waals surface area contributed by atoms with E-state index in [2.05, 4.69) is 0 Å². The molecular weight excluding hydrogens is 288 g/mol. The molecule has 1 amide bonds. The Labute approximate surface area is 122 Å². The van der Waals surface area contributed by atoms with Crippen molar-refractivity contribution in [3.05, 3.63) is 34.6 Å². The molecule has 1 aliphatic heterocycles. The molecule has 1 saturated heterocycles. The summed E-state index contributed by atoms with van der Waals surface area (Å²) in [6.07, 6.45) is 3.63. The molecule has 1 fully saturated rings. The predicted molar refractivity (Wildman–Crippen MR) is 75.4 cm³/mol. The summed E-state index contributed by atoms with van der Waals surface area (Å²) in [6.45, 7) is 0.663. The summed E-state index contributed by atoms with van der Waals surface area (Å²) in [7, 11) is 0. The average Bonchev–Trinajstić information content (AvgIpc) is 2.84. The molecule has 2 rings (SSSR count). The lowest BCUT2D eigenvalue weighted by atomic mass is 10.1. The highest BCUT2D eigenvalue weighted by molar-refractivity contribution is 6.33. The van der Waals surface area contributed by atoms with E-state index in [0.29, 0.717) is 12.4 Å². The Kier molecular flexibility index (Phi) is 5.06. The van der Waals surface area contributed by atoms with E-state index >= 15 is 0 Å². The summed E-state index contributed by atoms with van der Waals surface area (Å²) in [5.41, 5.74) is -0.0121. The molecule has 1 aliphatic rings. The van der Waals surface area contributed by atoms with Crippen LogP contribution in [0.4, 0.5) is 4.39 Å². The van der Waals surface area contributed by atoms with Gasteiger partial charge in [0.2, 0.25) is 0 Å². The molecule has 0 bridgehead atoms. The van der Waals surface area contributed by atoms with Crippen LogP contribution in [0.1, 0.15) is 36.0 Å². The fourth-order valence-corrected chi connectivity index (χ4v) is 2.96. The van der Waals surface area contributed by atoms with E-state index in [9.17, 15) is 9.18 Å². The average molecular weight is 304 g/mol. The quantitative estimate of drug-likeness (QED) is 0.767. The summed E-state index contributed by atoms with van der Waals surface area (Å²) in [4.78, 5) is 14.2. The minimum Gasteiger partial charge on any atom is -0.336 e. The van der Waals surface area contributed by atoms with Crippen molar-refractivity contribution in [1.82, 2.24) is 4.90 Å². The van der Waals surface area contributed by atoms with Crippen molar-refractivity contribution in [2.45, 2.75) is 31.7 Å². The van der Waals surface area contributed by atoms with Gasteiger partial charge in [0.25, 0.3) is 5.91 Å². The van der Waals surface area contributed by atoms with Crippen molar-refractivity contribution in [1.29, 1.82) is 0 Å². The first-order chi connectivity index (χ1) is 9.15. The summed E-state index contributed by atoms with van der Waals surface area (Å²) in [5.74, 6) is -0.278. The van der Waals surface area contributed by atoms with E-state index in [0.717, 1.165) is 25.7 Å². The highest BCUT2D eigenvalue weighted by Gasteiger charge is 2.31. The van der Waals surface area contributed by atoms with Gasteiger partial charge in [-0.3, -0.25) is 4.79 Å². The summed E-state index contributed by atoms with van der Waals surface area (Å²) in [6, 6.07) is 4.47. The number of nitrogens with zero attached hydrogens (tertiary/aromatic N) is 1. The third-order valence-corrected chi connectivity index (χ3v) is 4.07. The molecule has 0 N–H and O–H groups in total. The lowest BCUT2D eigenvalue weighted by Gasteiger charge is -2.25. The lowest BCUT2D eigenvalue weighted by Crippen LogP contribution is -2.36. The molecule has 0 aromatic heterocycles. The van der Waals surface area contributed by atoms with Gasteiger partial charge in [0.1, 0.15) is 5.82 Å². The van der Waals surface area contributed by atoms with Crippen LogP contribution in [0.3, 0.4) is 0 Å². The first kappa shape index (κ1) is 14.6. The first-order valence-corrected chi connectivity index (χ1v) is 7.37. The number of carbonyl (C=O) groups is 1. The molecule has 5 heteroatoms. The van der Waals surface area contributed by atoms with E-state index < -0.39 is 5.82 Å². The van der Waals surface area contributed by atoms with Crippen LogP contribution in [-0.2, 0) is 0 Å². The van der Waals surface area contributed by atoms with Gasteiger partial charge in [0, 0.05) is 18.5 Å². The Morgan fingerprint density at radius 2 is 2.26 bits per heavy atom.